The van der Waals surface area contributed by atoms with E-state index in [4.69, 9.17) is 11.2 Å². The Balaban J connectivity index is 1.98. The van der Waals surface area contributed by atoms with E-state index in [0.717, 1.165) is 10.8 Å². The van der Waals surface area contributed by atoms with E-state index in [1.54, 1.807) is 51.1 Å². The van der Waals surface area contributed by atoms with Crippen LogP contribution in [0.1, 0.15) is 44.9 Å². The standard InChI is InChI=1S/C31H33N3O4/c1-7-19-34(29(36)21(3)32-30(37)38-31(4,5)6)27(26-16-12-11-13-22(26)8-2)28(35)33-25-18-17-23-14-9-10-15-24(23)20-25/h2,7,9-18,20-21,27H,1,19H2,3-6H3,(H,32,37)(H,33,35). The second-order valence-electron chi connectivity index (χ2n) is 9.83. The number of amides is 3. The van der Waals surface area contributed by atoms with Gasteiger partial charge in [-0.05, 0) is 62.2 Å². The summed E-state index contributed by atoms with van der Waals surface area (Å²) in [6, 6.07) is 18.2. The number of rotatable bonds is 8. The minimum Gasteiger partial charge on any atom is -0.444 e. The summed E-state index contributed by atoms with van der Waals surface area (Å²) in [6.45, 7) is 10.5. The summed E-state index contributed by atoms with van der Waals surface area (Å²) >= 11 is 0. The zero-order valence-electron chi connectivity index (χ0n) is 22.2. The van der Waals surface area contributed by atoms with Crippen LogP contribution in [0.15, 0.2) is 79.4 Å². The van der Waals surface area contributed by atoms with Crippen LogP contribution in [0.4, 0.5) is 10.5 Å². The van der Waals surface area contributed by atoms with Gasteiger partial charge in [0.15, 0.2) is 0 Å². The van der Waals surface area contributed by atoms with Crippen LogP contribution in [-0.2, 0) is 14.3 Å². The van der Waals surface area contributed by atoms with Gasteiger partial charge in [0.25, 0.3) is 5.91 Å². The maximum absolute atomic E-state index is 13.9. The lowest BCUT2D eigenvalue weighted by Crippen LogP contribution is -2.51. The van der Waals surface area contributed by atoms with Crippen LogP contribution in [0.25, 0.3) is 10.8 Å². The highest BCUT2D eigenvalue weighted by Gasteiger charge is 2.35. The first-order valence-electron chi connectivity index (χ1n) is 12.3. The number of nitrogens with one attached hydrogen (secondary N) is 2. The van der Waals surface area contributed by atoms with Gasteiger partial charge in [-0.15, -0.1) is 13.0 Å². The summed E-state index contributed by atoms with van der Waals surface area (Å²) in [5.41, 5.74) is 0.790. The Hall–Kier alpha value is -4.57. The minimum absolute atomic E-state index is 0.0356. The third kappa shape index (κ3) is 7.01. The molecule has 0 saturated heterocycles. The number of nitrogens with zero attached hydrogens (tertiary/aromatic N) is 1. The smallest absolute Gasteiger partial charge is 0.408 e. The van der Waals surface area contributed by atoms with Crippen LogP contribution >= 0.6 is 0 Å². The number of carbonyl (C=O) groups excluding carboxylic acids is 3. The third-order valence-electron chi connectivity index (χ3n) is 5.70. The lowest BCUT2D eigenvalue weighted by Gasteiger charge is -2.33. The molecule has 38 heavy (non-hydrogen) atoms. The van der Waals surface area contributed by atoms with Crippen LogP contribution in [0.3, 0.4) is 0 Å². The first kappa shape index (κ1) is 28.0. The lowest BCUT2D eigenvalue weighted by molar-refractivity contribution is -0.139. The SMILES string of the molecule is C#Cc1ccccc1C(C(=O)Nc1ccc2ccccc2c1)N(CC=C)C(=O)C(C)NC(=O)OC(C)(C)C. The number of anilines is 1. The van der Waals surface area contributed by atoms with Gasteiger partial charge >= 0.3 is 6.09 Å². The molecule has 3 aromatic rings. The average molecular weight is 512 g/mol. The second kappa shape index (κ2) is 12.1. The molecule has 3 rings (SSSR count). The van der Waals surface area contributed by atoms with E-state index in [9.17, 15) is 14.4 Å². The molecule has 0 heterocycles. The van der Waals surface area contributed by atoms with Gasteiger partial charge in [-0.25, -0.2) is 4.79 Å². The van der Waals surface area contributed by atoms with Crippen LogP contribution in [0.5, 0.6) is 0 Å². The molecule has 0 bridgehead atoms. The Kier molecular flexibility index (Phi) is 8.93. The van der Waals surface area contributed by atoms with E-state index in [-0.39, 0.29) is 6.54 Å². The largest absolute Gasteiger partial charge is 0.444 e. The molecule has 0 aliphatic carbocycles. The number of ether oxygens (including phenoxy) is 1. The van der Waals surface area contributed by atoms with Gasteiger partial charge in [0.2, 0.25) is 5.91 Å². The van der Waals surface area contributed by atoms with Crippen molar-refractivity contribution in [2.75, 3.05) is 11.9 Å². The first-order chi connectivity index (χ1) is 18.0. The predicted molar refractivity (Wildman–Crippen MR) is 150 cm³/mol. The third-order valence-corrected chi connectivity index (χ3v) is 5.70. The Bertz CT molecular complexity index is 1380. The number of fused-ring (bicyclic) bond motifs is 1. The van der Waals surface area contributed by atoms with Gasteiger partial charge in [-0.1, -0.05) is 60.5 Å². The number of benzene rings is 3. The molecule has 0 saturated carbocycles. The van der Waals surface area contributed by atoms with Gasteiger partial charge < -0.3 is 20.3 Å². The molecule has 3 amide bonds. The number of carbonyl (C=O) groups is 3. The van der Waals surface area contributed by atoms with Gasteiger partial charge in [-0.2, -0.15) is 0 Å². The van der Waals surface area contributed by atoms with Crippen molar-refractivity contribution in [3.8, 4) is 12.3 Å². The van der Waals surface area contributed by atoms with Crippen molar-refractivity contribution in [3.05, 3.63) is 90.5 Å². The summed E-state index contributed by atoms with van der Waals surface area (Å²) in [5, 5.41) is 7.49. The van der Waals surface area contributed by atoms with E-state index in [1.807, 2.05) is 36.4 Å². The van der Waals surface area contributed by atoms with Crippen LogP contribution < -0.4 is 10.6 Å². The quantitative estimate of drug-likeness (QED) is 0.312. The van der Waals surface area contributed by atoms with E-state index >= 15 is 0 Å². The normalized spacial score (nSPS) is 12.5. The summed E-state index contributed by atoms with van der Waals surface area (Å²) < 4.78 is 5.29. The molecule has 0 radical (unpaired) electrons. The Morgan fingerprint density at radius 3 is 2.37 bits per heavy atom. The summed E-state index contributed by atoms with van der Waals surface area (Å²) in [5.74, 6) is 1.65. The fourth-order valence-corrected chi connectivity index (χ4v) is 4.05. The lowest BCUT2D eigenvalue weighted by atomic mass is 9.97. The molecule has 2 atom stereocenters. The summed E-state index contributed by atoms with van der Waals surface area (Å²) in [4.78, 5) is 41.2. The van der Waals surface area contributed by atoms with Gasteiger partial charge in [0.1, 0.15) is 17.7 Å². The molecular formula is C31H33N3O4. The Morgan fingerprint density at radius 2 is 1.71 bits per heavy atom. The Labute approximate surface area is 223 Å². The molecule has 7 nitrogen and oxygen atoms in total. The monoisotopic (exact) mass is 511 g/mol. The van der Waals surface area contributed by atoms with Gasteiger partial charge in [-0.3, -0.25) is 9.59 Å². The number of hydrogen-bond acceptors (Lipinski definition) is 4. The van der Waals surface area contributed by atoms with E-state index in [1.165, 1.54) is 17.9 Å². The maximum Gasteiger partial charge on any atom is 0.408 e. The summed E-state index contributed by atoms with van der Waals surface area (Å²) in [6.07, 6.45) is 6.54. The molecule has 0 aliphatic heterocycles. The fourth-order valence-electron chi connectivity index (χ4n) is 4.05. The minimum atomic E-state index is -1.10. The zero-order chi connectivity index (χ0) is 27.9. The van der Waals surface area contributed by atoms with Gasteiger partial charge in [0.05, 0.1) is 0 Å². The van der Waals surface area contributed by atoms with E-state index < -0.39 is 35.6 Å². The Morgan fingerprint density at radius 1 is 1.05 bits per heavy atom. The second-order valence-corrected chi connectivity index (χ2v) is 9.83. The van der Waals surface area contributed by atoms with Crippen molar-refractivity contribution >= 4 is 34.4 Å². The van der Waals surface area contributed by atoms with Crippen molar-refractivity contribution in [2.24, 2.45) is 0 Å². The van der Waals surface area contributed by atoms with Crippen molar-refractivity contribution < 1.29 is 19.1 Å². The van der Waals surface area contributed by atoms with Gasteiger partial charge in [0, 0.05) is 17.8 Å². The van der Waals surface area contributed by atoms with Crippen molar-refractivity contribution in [1.29, 1.82) is 0 Å². The predicted octanol–water partition coefficient (Wildman–Crippen LogP) is 5.43. The molecule has 196 valence electrons. The first-order valence-corrected chi connectivity index (χ1v) is 12.3. The molecule has 2 N–H and O–H groups in total. The number of terminal acetylenes is 1. The summed E-state index contributed by atoms with van der Waals surface area (Å²) in [7, 11) is 0. The molecule has 0 fully saturated rings. The highest BCUT2D eigenvalue weighted by Crippen LogP contribution is 2.28. The van der Waals surface area contributed by atoms with Crippen molar-refractivity contribution in [3.63, 3.8) is 0 Å². The fraction of sp³-hybridized carbons (Fsp3) is 0.258. The molecule has 2 unspecified atom stereocenters. The van der Waals surface area contributed by atoms with Crippen molar-refractivity contribution in [2.45, 2.75) is 45.4 Å². The highest BCUT2D eigenvalue weighted by atomic mass is 16.6. The highest BCUT2D eigenvalue weighted by molar-refractivity contribution is 6.00. The molecule has 0 aromatic heterocycles. The molecular weight excluding hydrogens is 478 g/mol. The molecule has 0 aliphatic rings. The zero-order valence-corrected chi connectivity index (χ0v) is 22.2. The van der Waals surface area contributed by atoms with Crippen LogP contribution in [0, 0.1) is 12.3 Å². The van der Waals surface area contributed by atoms with Crippen LogP contribution in [0.2, 0.25) is 0 Å². The topological polar surface area (TPSA) is 87.7 Å². The molecule has 0 spiro atoms. The number of alkyl carbamates (subject to hydrolysis) is 1. The molecule has 7 heteroatoms. The van der Waals surface area contributed by atoms with E-state index in [0.29, 0.717) is 16.8 Å². The van der Waals surface area contributed by atoms with E-state index in [2.05, 4.69) is 23.1 Å². The molecule has 3 aromatic carbocycles. The maximum atomic E-state index is 13.9. The van der Waals surface area contributed by atoms with Crippen LogP contribution in [-0.4, -0.2) is 41.0 Å². The number of hydrogen-bond donors (Lipinski definition) is 2. The van der Waals surface area contributed by atoms with Crippen molar-refractivity contribution in [1.82, 2.24) is 10.2 Å². The average Bonchev–Trinajstić information content (AvgIpc) is 2.87.